The van der Waals surface area contributed by atoms with Crippen LogP contribution >= 0.6 is 11.3 Å². The highest BCUT2D eigenvalue weighted by Crippen LogP contribution is 2.21. The number of methoxy groups -OCH3 is 1. The number of benzene rings is 1. The van der Waals surface area contributed by atoms with Crippen LogP contribution < -0.4 is 10.1 Å². The van der Waals surface area contributed by atoms with Crippen molar-refractivity contribution in [3.8, 4) is 5.75 Å². The molecule has 0 unspecified atom stereocenters. The molecule has 0 radical (unpaired) electrons. The van der Waals surface area contributed by atoms with Crippen molar-refractivity contribution >= 4 is 22.4 Å². The summed E-state index contributed by atoms with van der Waals surface area (Å²) < 4.78 is 5.16. The molecule has 2 rings (SSSR count). The maximum absolute atomic E-state index is 12.0. The van der Waals surface area contributed by atoms with Crippen LogP contribution in [0.2, 0.25) is 0 Å². The van der Waals surface area contributed by atoms with Gasteiger partial charge in [-0.15, -0.1) is 11.3 Å². The number of hydrogen-bond donors (Lipinski definition) is 1. The van der Waals surface area contributed by atoms with Crippen LogP contribution in [0.25, 0.3) is 0 Å². The molecule has 0 spiro atoms. The lowest BCUT2D eigenvalue weighted by molar-refractivity contribution is 0.102. The zero-order valence-electron chi connectivity index (χ0n) is 9.56. The average molecular weight is 248 g/mol. The number of aromatic nitrogens is 1. The summed E-state index contributed by atoms with van der Waals surface area (Å²) in [6.45, 7) is 1.93. The minimum atomic E-state index is -0.208. The molecule has 0 saturated heterocycles. The molecule has 5 heteroatoms. The number of anilines is 1. The van der Waals surface area contributed by atoms with E-state index in [-0.39, 0.29) is 5.91 Å². The summed E-state index contributed by atoms with van der Waals surface area (Å²) in [5.41, 5.74) is 1.53. The summed E-state index contributed by atoms with van der Waals surface area (Å²) in [5, 5.41) is 5.12. The molecule has 1 aromatic carbocycles. The van der Waals surface area contributed by atoms with Gasteiger partial charge in [0.25, 0.3) is 5.91 Å². The molecule has 1 aromatic heterocycles. The third kappa shape index (κ3) is 2.62. The van der Waals surface area contributed by atoms with E-state index >= 15 is 0 Å². The van der Waals surface area contributed by atoms with Crippen molar-refractivity contribution in [3.05, 3.63) is 40.9 Å². The van der Waals surface area contributed by atoms with Gasteiger partial charge in [0.2, 0.25) is 0 Å². The highest BCUT2D eigenvalue weighted by Gasteiger charge is 2.13. The number of rotatable bonds is 3. The fraction of sp³-hybridized carbons (Fsp3) is 0.167. The van der Waals surface area contributed by atoms with Crippen LogP contribution in [-0.4, -0.2) is 18.0 Å². The van der Waals surface area contributed by atoms with Crippen molar-refractivity contribution in [2.75, 3.05) is 12.4 Å². The zero-order chi connectivity index (χ0) is 12.3. The lowest BCUT2D eigenvalue weighted by Gasteiger charge is -2.08. The lowest BCUT2D eigenvalue weighted by Crippen LogP contribution is -2.13. The lowest BCUT2D eigenvalue weighted by atomic mass is 10.1. The molecule has 1 N–H and O–H groups in total. The Labute approximate surface area is 103 Å². The number of nitrogens with one attached hydrogen (secondary N) is 1. The van der Waals surface area contributed by atoms with Gasteiger partial charge >= 0.3 is 0 Å². The van der Waals surface area contributed by atoms with Crippen LogP contribution in [0, 0.1) is 6.92 Å². The summed E-state index contributed by atoms with van der Waals surface area (Å²) in [7, 11) is 1.55. The number of ether oxygens (including phenoxy) is 1. The van der Waals surface area contributed by atoms with Gasteiger partial charge < -0.3 is 4.74 Å². The Bertz CT molecular complexity index is 523. The third-order valence-electron chi connectivity index (χ3n) is 2.25. The van der Waals surface area contributed by atoms with Crippen molar-refractivity contribution in [2.45, 2.75) is 6.92 Å². The molecular weight excluding hydrogens is 236 g/mol. The average Bonchev–Trinajstić information content (AvgIpc) is 2.81. The van der Waals surface area contributed by atoms with E-state index < -0.39 is 0 Å². The van der Waals surface area contributed by atoms with Crippen molar-refractivity contribution < 1.29 is 9.53 Å². The van der Waals surface area contributed by atoms with E-state index in [9.17, 15) is 4.79 Å². The van der Waals surface area contributed by atoms with Gasteiger partial charge in [0, 0.05) is 11.6 Å². The van der Waals surface area contributed by atoms with E-state index in [4.69, 9.17) is 4.74 Å². The maximum Gasteiger partial charge on any atom is 0.261 e. The van der Waals surface area contributed by atoms with Crippen LogP contribution in [-0.2, 0) is 0 Å². The first-order valence-corrected chi connectivity index (χ1v) is 5.94. The SMILES string of the molecule is COc1ccc(C)cc1C(=O)Nc1nccs1. The van der Waals surface area contributed by atoms with E-state index in [2.05, 4.69) is 10.3 Å². The zero-order valence-corrected chi connectivity index (χ0v) is 10.4. The molecule has 0 fully saturated rings. The normalized spacial score (nSPS) is 10.0. The molecule has 0 aliphatic rings. The molecule has 0 aliphatic carbocycles. The standard InChI is InChI=1S/C12H12N2O2S/c1-8-3-4-10(16-2)9(7-8)11(15)14-12-13-5-6-17-12/h3-7H,1-2H3,(H,13,14,15). The Morgan fingerprint density at radius 2 is 2.29 bits per heavy atom. The summed E-state index contributed by atoms with van der Waals surface area (Å²) in [4.78, 5) is 16.0. The van der Waals surface area contributed by atoms with Crippen molar-refractivity contribution in [3.63, 3.8) is 0 Å². The Hall–Kier alpha value is -1.88. The second kappa shape index (κ2) is 4.97. The highest BCUT2D eigenvalue weighted by molar-refractivity contribution is 7.13. The number of carbonyl (C=O) groups excluding carboxylic acids is 1. The largest absolute Gasteiger partial charge is 0.496 e. The number of carbonyl (C=O) groups is 1. The third-order valence-corrected chi connectivity index (χ3v) is 2.94. The molecule has 1 amide bonds. The second-order valence-electron chi connectivity index (χ2n) is 3.50. The van der Waals surface area contributed by atoms with Gasteiger partial charge in [-0.3, -0.25) is 10.1 Å². The number of aryl methyl sites for hydroxylation is 1. The van der Waals surface area contributed by atoms with Crippen molar-refractivity contribution in [1.29, 1.82) is 0 Å². The molecule has 0 saturated carbocycles. The van der Waals surface area contributed by atoms with E-state index in [1.54, 1.807) is 25.4 Å². The number of thiazole rings is 1. The quantitative estimate of drug-likeness (QED) is 0.908. The van der Waals surface area contributed by atoms with Gasteiger partial charge in [0.05, 0.1) is 12.7 Å². The van der Waals surface area contributed by atoms with E-state index in [1.807, 2.05) is 18.4 Å². The molecule has 2 aromatic rings. The molecule has 0 atom stereocenters. The molecule has 17 heavy (non-hydrogen) atoms. The van der Waals surface area contributed by atoms with Gasteiger partial charge in [-0.1, -0.05) is 11.6 Å². The van der Waals surface area contributed by atoms with Crippen LogP contribution in [0.15, 0.2) is 29.8 Å². The summed E-state index contributed by atoms with van der Waals surface area (Å²) in [5.74, 6) is 0.352. The molecule has 88 valence electrons. The highest BCUT2D eigenvalue weighted by atomic mass is 32.1. The van der Waals surface area contributed by atoms with E-state index in [0.717, 1.165) is 5.56 Å². The first-order valence-electron chi connectivity index (χ1n) is 5.06. The predicted molar refractivity (Wildman–Crippen MR) is 67.8 cm³/mol. The van der Waals surface area contributed by atoms with Crippen LogP contribution in [0.5, 0.6) is 5.75 Å². The smallest absolute Gasteiger partial charge is 0.261 e. The molecule has 1 heterocycles. The second-order valence-corrected chi connectivity index (χ2v) is 4.39. The molecule has 0 bridgehead atoms. The van der Waals surface area contributed by atoms with Crippen LogP contribution in [0.4, 0.5) is 5.13 Å². The van der Waals surface area contributed by atoms with Gasteiger partial charge in [-0.25, -0.2) is 4.98 Å². The minimum Gasteiger partial charge on any atom is -0.496 e. The van der Waals surface area contributed by atoms with Gasteiger partial charge in [-0.05, 0) is 19.1 Å². The molecule has 0 aliphatic heterocycles. The molecular formula is C12H12N2O2S. The van der Waals surface area contributed by atoms with Crippen LogP contribution in [0.3, 0.4) is 0 Å². The maximum atomic E-state index is 12.0. The Kier molecular flexibility index (Phi) is 3.39. The number of nitrogens with zero attached hydrogens (tertiary/aromatic N) is 1. The first-order chi connectivity index (χ1) is 8.20. The van der Waals surface area contributed by atoms with E-state index in [1.165, 1.54) is 11.3 Å². The van der Waals surface area contributed by atoms with Gasteiger partial charge in [0.1, 0.15) is 5.75 Å². The summed E-state index contributed by atoms with van der Waals surface area (Å²) >= 11 is 1.38. The predicted octanol–water partition coefficient (Wildman–Crippen LogP) is 2.71. The molecule has 4 nitrogen and oxygen atoms in total. The van der Waals surface area contributed by atoms with Crippen molar-refractivity contribution in [1.82, 2.24) is 4.98 Å². The van der Waals surface area contributed by atoms with Gasteiger partial charge in [-0.2, -0.15) is 0 Å². The fourth-order valence-corrected chi connectivity index (χ4v) is 1.97. The monoisotopic (exact) mass is 248 g/mol. The van der Waals surface area contributed by atoms with Crippen molar-refractivity contribution in [2.24, 2.45) is 0 Å². The first kappa shape index (κ1) is 11.6. The number of amides is 1. The topological polar surface area (TPSA) is 51.2 Å². The summed E-state index contributed by atoms with van der Waals surface area (Å²) in [6, 6.07) is 5.48. The van der Waals surface area contributed by atoms with Crippen LogP contribution in [0.1, 0.15) is 15.9 Å². The Morgan fingerprint density at radius 3 is 2.94 bits per heavy atom. The van der Waals surface area contributed by atoms with Gasteiger partial charge in [0.15, 0.2) is 5.13 Å². The Morgan fingerprint density at radius 1 is 1.47 bits per heavy atom. The number of hydrogen-bond acceptors (Lipinski definition) is 4. The Balaban J connectivity index is 2.26. The fourth-order valence-electron chi connectivity index (χ4n) is 1.45. The minimum absolute atomic E-state index is 0.208. The summed E-state index contributed by atoms with van der Waals surface area (Å²) in [6.07, 6.45) is 1.65. The van der Waals surface area contributed by atoms with E-state index in [0.29, 0.717) is 16.4 Å².